The predicted molar refractivity (Wildman–Crippen MR) is 133 cm³/mol. The lowest BCUT2D eigenvalue weighted by Gasteiger charge is -2.20. The van der Waals surface area contributed by atoms with Gasteiger partial charge in [0.25, 0.3) is 5.56 Å². The first-order valence-corrected chi connectivity index (χ1v) is 12.1. The Labute approximate surface area is 203 Å². The van der Waals surface area contributed by atoms with Gasteiger partial charge in [-0.15, -0.1) is 10.2 Å². The van der Waals surface area contributed by atoms with Crippen LogP contribution >= 0.6 is 11.3 Å². The molecular weight excluding hydrogens is 470 g/mol. The number of rotatable bonds is 5. The Balaban J connectivity index is 1.34. The highest BCUT2D eigenvalue weighted by atomic mass is 32.1. The topological polar surface area (TPSA) is 133 Å². The minimum atomic E-state index is -0.727. The van der Waals surface area contributed by atoms with E-state index in [1.54, 1.807) is 43.2 Å². The van der Waals surface area contributed by atoms with Crippen LogP contribution in [-0.4, -0.2) is 52.4 Å². The van der Waals surface area contributed by atoms with Gasteiger partial charge in [0.05, 0.1) is 5.52 Å². The van der Waals surface area contributed by atoms with E-state index in [1.807, 2.05) is 0 Å². The summed E-state index contributed by atoms with van der Waals surface area (Å²) in [7, 11) is 3.00. The molecule has 1 N–H and O–H groups in total. The number of anilines is 2. The number of nitrogens with zero attached hydrogens (tertiary/aromatic N) is 8. The van der Waals surface area contributed by atoms with E-state index in [1.165, 1.54) is 23.0 Å². The number of carbonyl (C=O) groups is 1. The van der Waals surface area contributed by atoms with Crippen LogP contribution in [0, 0.1) is 0 Å². The van der Waals surface area contributed by atoms with Crippen molar-refractivity contribution in [3.8, 4) is 10.6 Å². The van der Waals surface area contributed by atoms with E-state index in [0.29, 0.717) is 33.2 Å². The summed E-state index contributed by atoms with van der Waals surface area (Å²) in [5.74, 6) is 0.337. The van der Waals surface area contributed by atoms with Crippen molar-refractivity contribution in [2.45, 2.75) is 38.8 Å². The number of nitrogens with one attached hydrogen (secondary N) is 1. The summed E-state index contributed by atoms with van der Waals surface area (Å²) >= 11 is 1.21. The molecule has 0 unspecified atom stereocenters. The molecule has 1 fully saturated rings. The molecule has 1 amide bonds. The molecule has 5 heterocycles. The first kappa shape index (κ1) is 22.9. The third-order valence-electron chi connectivity index (χ3n) is 6.48. The van der Waals surface area contributed by atoms with E-state index in [9.17, 15) is 14.4 Å². The smallest absolute Gasteiger partial charge is 0.331 e. The number of hydrogen-bond acceptors (Lipinski definition) is 9. The molecule has 4 aromatic rings. The second kappa shape index (κ2) is 8.73. The van der Waals surface area contributed by atoms with Gasteiger partial charge in [-0.05, 0) is 32.8 Å². The minimum absolute atomic E-state index is 0.278. The van der Waals surface area contributed by atoms with Crippen LogP contribution < -0.4 is 21.5 Å². The quantitative estimate of drug-likeness (QED) is 0.441. The lowest BCUT2D eigenvalue weighted by molar-refractivity contribution is -0.118. The molecule has 1 saturated heterocycles. The normalized spacial score (nSPS) is 16.7. The second-order valence-electron chi connectivity index (χ2n) is 8.70. The van der Waals surface area contributed by atoms with Crippen molar-refractivity contribution < 1.29 is 4.79 Å². The van der Waals surface area contributed by atoms with Crippen molar-refractivity contribution in [3.63, 3.8) is 0 Å². The monoisotopic (exact) mass is 495 g/mol. The average Bonchev–Trinajstić information content (AvgIpc) is 3.61. The minimum Gasteiger partial charge on any atom is -0.338 e. The molecule has 1 aliphatic heterocycles. The van der Waals surface area contributed by atoms with Gasteiger partial charge in [0.2, 0.25) is 17.0 Å². The molecule has 1 aliphatic rings. The zero-order valence-electron chi connectivity index (χ0n) is 19.8. The Morgan fingerprint density at radius 1 is 1.17 bits per heavy atom. The lowest BCUT2D eigenvalue weighted by Crippen LogP contribution is -2.38. The molecule has 4 aromatic heterocycles. The zero-order valence-corrected chi connectivity index (χ0v) is 20.6. The summed E-state index contributed by atoms with van der Waals surface area (Å²) in [5, 5.41) is 11.9. The molecule has 182 valence electrons. The van der Waals surface area contributed by atoms with Gasteiger partial charge in [-0.25, -0.2) is 14.8 Å². The van der Waals surface area contributed by atoms with Crippen molar-refractivity contribution in [1.29, 1.82) is 0 Å². The van der Waals surface area contributed by atoms with E-state index < -0.39 is 17.3 Å². The molecule has 0 bridgehead atoms. The summed E-state index contributed by atoms with van der Waals surface area (Å²) < 4.78 is 3.96. The number of aryl methyl sites for hydroxylation is 1. The Morgan fingerprint density at radius 3 is 2.60 bits per heavy atom. The van der Waals surface area contributed by atoms with E-state index in [4.69, 9.17) is 0 Å². The van der Waals surface area contributed by atoms with Crippen molar-refractivity contribution >= 4 is 39.4 Å². The fourth-order valence-corrected chi connectivity index (χ4v) is 5.08. The predicted octanol–water partition coefficient (Wildman–Crippen LogP) is 1.54. The summed E-state index contributed by atoms with van der Waals surface area (Å²) in [6.45, 7) is 4.79. The third kappa shape index (κ3) is 3.91. The molecule has 0 aliphatic carbocycles. The van der Waals surface area contributed by atoms with Gasteiger partial charge >= 0.3 is 5.69 Å². The number of fused-ring (bicyclic) bond motifs is 1. The van der Waals surface area contributed by atoms with Gasteiger partial charge in [-0.2, -0.15) is 0 Å². The standard InChI is InChI=1S/C22H25N9O3S/c1-12-6-5-8-30(12)20-23-10-14(11-24-20)18-26-27-21(35-18)25-17(32)13(2)31-9-7-15-16(31)19(33)29(4)22(34)28(15)3/h7,9-13H,5-6,8H2,1-4H3,(H,25,27,32)/t12-,13-/m0/s1. The highest BCUT2D eigenvalue weighted by molar-refractivity contribution is 7.18. The largest absolute Gasteiger partial charge is 0.338 e. The maximum Gasteiger partial charge on any atom is 0.331 e. The Bertz CT molecular complexity index is 1530. The molecule has 0 spiro atoms. The van der Waals surface area contributed by atoms with E-state index >= 15 is 0 Å². The third-order valence-corrected chi connectivity index (χ3v) is 7.37. The van der Waals surface area contributed by atoms with Crippen LogP contribution in [-0.2, 0) is 18.9 Å². The number of hydrogen-bond donors (Lipinski definition) is 1. The first-order valence-electron chi connectivity index (χ1n) is 11.3. The first-order chi connectivity index (χ1) is 16.8. The van der Waals surface area contributed by atoms with Crippen LogP contribution in [0.1, 0.15) is 32.7 Å². The number of aromatic nitrogens is 7. The molecule has 5 rings (SSSR count). The highest BCUT2D eigenvalue weighted by Gasteiger charge is 2.24. The van der Waals surface area contributed by atoms with E-state index in [0.717, 1.165) is 24.0 Å². The van der Waals surface area contributed by atoms with E-state index in [2.05, 4.69) is 37.3 Å². The van der Waals surface area contributed by atoms with Crippen LogP contribution in [0.15, 0.2) is 34.2 Å². The van der Waals surface area contributed by atoms with Crippen LogP contribution in [0.4, 0.5) is 11.1 Å². The summed E-state index contributed by atoms with van der Waals surface area (Å²) in [6, 6.07) is 1.35. The summed E-state index contributed by atoms with van der Waals surface area (Å²) in [5.41, 5.74) is 0.568. The van der Waals surface area contributed by atoms with Gasteiger partial charge in [0, 0.05) is 50.8 Å². The van der Waals surface area contributed by atoms with Crippen molar-refractivity contribution in [3.05, 3.63) is 45.5 Å². The fourth-order valence-electron chi connectivity index (χ4n) is 4.36. The van der Waals surface area contributed by atoms with Crippen LogP contribution in [0.25, 0.3) is 21.6 Å². The molecule has 13 heteroatoms. The summed E-state index contributed by atoms with van der Waals surface area (Å²) in [6.07, 6.45) is 7.33. The van der Waals surface area contributed by atoms with Gasteiger partial charge in [-0.3, -0.25) is 24.0 Å². The van der Waals surface area contributed by atoms with Crippen molar-refractivity contribution in [2.75, 3.05) is 16.8 Å². The van der Waals surface area contributed by atoms with Crippen LogP contribution in [0.5, 0.6) is 0 Å². The Kier molecular flexibility index (Phi) is 5.71. The summed E-state index contributed by atoms with van der Waals surface area (Å²) in [4.78, 5) is 49.0. The Morgan fingerprint density at radius 2 is 1.91 bits per heavy atom. The molecule has 0 aromatic carbocycles. The highest BCUT2D eigenvalue weighted by Crippen LogP contribution is 2.28. The second-order valence-corrected chi connectivity index (χ2v) is 9.67. The van der Waals surface area contributed by atoms with Crippen LogP contribution in [0.2, 0.25) is 0 Å². The van der Waals surface area contributed by atoms with Gasteiger partial charge < -0.3 is 9.47 Å². The van der Waals surface area contributed by atoms with Crippen molar-refractivity contribution in [2.24, 2.45) is 14.1 Å². The molecule has 0 radical (unpaired) electrons. The fraction of sp³-hybridized carbons (Fsp3) is 0.409. The molecule has 35 heavy (non-hydrogen) atoms. The van der Waals surface area contributed by atoms with Crippen LogP contribution in [0.3, 0.4) is 0 Å². The number of carbonyl (C=O) groups excluding carboxylic acids is 1. The zero-order chi connectivity index (χ0) is 24.9. The number of amides is 1. The molecule has 2 atom stereocenters. The lowest BCUT2D eigenvalue weighted by atomic mass is 10.2. The van der Waals surface area contributed by atoms with Gasteiger partial charge in [0.15, 0.2) is 5.01 Å². The van der Waals surface area contributed by atoms with Crippen molar-refractivity contribution in [1.82, 2.24) is 33.9 Å². The van der Waals surface area contributed by atoms with E-state index in [-0.39, 0.29) is 11.4 Å². The molecule has 12 nitrogen and oxygen atoms in total. The van der Waals surface area contributed by atoms with Gasteiger partial charge in [0.1, 0.15) is 11.6 Å². The SMILES string of the molecule is C[C@H]1CCCN1c1ncc(-c2nnc(NC(=O)[C@H](C)n3ccc4c3c(=O)n(C)c(=O)n4C)s2)cn1. The van der Waals surface area contributed by atoms with Gasteiger partial charge in [-0.1, -0.05) is 11.3 Å². The maximum atomic E-state index is 13.0. The molecular formula is C22H25N9O3S. The maximum absolute atomic E-state index is 13.0. The Hall–Kier alpha value is -3.87. The molecule has 0 saturated carbocycles. The average molecular weight is 496 g/mol.